The van der Waals surface area contributed by atoms with Crippen LogP contribution in [-0.4, -0.2) is 61.6 Å². The number of carbonyl (C=O) groups excluding carboxylic acids is 3. The van der Waals surface area contributed by atoms with E-state index in [1.54, 1.807) is 13.8 Å². The lowest BCUT2D eigenvalue weighted by molar-refractivity contribution is -0.304. The van der Waals surface area contributed by atoms with Crippen molar-refractivity contribution in [3.8, 4) is 0 Å². The van der Waals surface area contributed by atoms with Crippen LogP contribution < -0.4 is 16.0 Å². The molecule has 1 aliphatic carbocycles. The number of allylic oxidation sites excluding steroid dienone is 2. The van der Waals surface area contributed by atoms with Crippen LogP contribution >= 0.6 is 0 Å². The molecule has 1 heterocycles. The topological polar surface area (TPSA) is 115 Å². The standard InChI is InChI=1S/C36H65N3O6/c1-6-7-8-9-10-11-12-13-14-15-16-17-18-19-20-21-26-38-34(42)39-29-23-22-24-30(29)44-31(40)25-27-37-33(41)32-35(2,3)28-43-36(4,5)45-32/h14-15,29-30,32H,6-13,16-28H2,1-5H3,(H,37,41)(H2,38,39,42). The highest BCUT2D eigenvalue weighted by Crippen LogP contribution is 2.34. The number of carbonyl (C=O) groups is 3. The monoisotopic (exact) mass is 635 g/mol. The van der Waals surface area contributed by atoms with E-state index in [1.807, 2.05) is 13.8 Å². The smallest absolute Gasteiger partial charge is 0.315 e. The van der Waals surface area contributed by atoms with Gasteiger partial charge in [0.15, 0.2) is 5.79 Å². The van der Waals surface area contributed by atoms with Crippen LogP contribution in [0.15, 0.2) is 12.2 Å². The van der Waals surface area contributed by atoms with Crippen LogP contribution in [0.5, 0.6) is 0 Å². The van der Waals surface area contributed by atoms with Crippen LogP contribution in [0.3, 0.4) is 0 Å². The zero-order valence-corrected chi connectivity index (χ0v) is 29.2. The number of nitrogens with one attached hydrogen (secondary N) is 3. The van der Waals surface area contributed by atoms with Gasteiger partial charge < -0.3 is 30.2 Å². The fourth-order valence-corrected chi connectivity index (χ4v) is 5.96. The van der Waals surface area contributed by atoms with E-state index in [4.69, 9.17) is 14.2 Å². The fraction of sp³-hybridized carbons (Fsp3) is 0.861. The zero-order chi connectivity index (χ0) is 33.0. The van der Waals surface area contributed by atoms with Crippen molar-refractivity contribution in [1.82, 2.24) is 16.0 Å². The summed E-state index contributed by atoms with van der Waals surface area (Å²) in [6.07, 6.45) is 23.8. The molecule has 2 aliphatic rings. The summed E-state index contributed by atoms with van der Waals surface area (Å²) in [4.78, 5) is 37.7. The third-order valence-electron chi connectivity index (χ3n) is 8.80. The molecule has 45 heavy (non-hydrogen) atoms. The quantitative estimate of drug-likeness (QED) is 0.0646. The van der Waals surface area contributed by atoms with Crippen molar-refractivity contribution in [2.75, 3.05) is 19.7 Å². The van der Waals surface area contributed by atoms with Crippen LogP contribution in [-0.2, 0) is 23.8 Å². The predicted molar refractivity (Wildman–Crippen MR) is 180 cm³/mol. The van der Waals surface area contributed by atoms with Crippen molar-refractivity contribution in [2.45, 2.75) is 174 Å². The van der Waals surface area contributed by atoms with E-state index in [0.717, 1.165) is 32.1 Å². The van der Waals surface area contributed by atoms with Crippen LogP contribution in [0.4, 0.5) is 4.79 Å². The number of esters is 1. The summed E-state index contributed by atoms with van der Waals surface area (Å²) >= 11 is 0. The molecule has 9 heteroatoms. The maximum atomic E-state index is 12.8. The highest BCUT2D eigenvalue weighted by Gasteiger charge is 2.45. The van der Waals surface area contributed by atoms with Gasteiger partial charge in [-0.3, -0.25) is 9.59 Å². The Bertz CT molecular complexity index is 890. The fourth-order valence-electron chi connectivity index (χ4n) is 5.96. The third kappa shape index (κ3) is 16.8. The van der Waals surface area contributed by atoms with Gasteiger partial charge in [0.25, 0.3) is 0 Å². The van der Waals surface area contributed by atoms with Crippen molar-refractivity contribution >= 4 is 17.9 Å². The van der Waals surface area contributed by atoms with E-state index in [2.05, 4.69) is 35.0 Å². The molecule has 1 saturated heterocycles. The first-order valence-corrected chi connectivity index (χ1v) is 18.0. The van der Waals surface area contributed by atoms with Gasteiger partial charge in [0.2, 0.25) is 5.91 Å². The first kappa shape index (κ1) is 39.1. The van der Waals surface area contributed by atoms with Crippen LogP contribution in [0.25, 0.3) is 0 Å². The zero-order valence-electron chi connectivity index (χ0n) is 29.2. The third-order valence-corrected chi connectivity index (χ3v) is 8.80. The average Bonchev–Trinajstić information content (AvgIpc) is 3.41. The van der Waals surface area contributed by atoms with E-state index in [9.17, 15) is 14.4 Å². The lowest BCUT2D eigenvalue weighted by Gasteiger charge is -2.44. The van der Waals surface area contributed by atoms with Gasteiger partial charge in [0.05, 0.1) is 19.1 Å². The summed E-state index contributed by atoms with van der Waals surface area (Å²) in [5, 5.41) is 8.75. The van der Waals surface area contributed by atoms with Crippen molar-refractivity contribution < 1.29 is 28.6 Å². The molecule has 3 atom stereocenters. The SMILES string of the molecule is CCCCCCCCCC=CCCCCCCCNC(=O)NC1CCCC1OC(=O)CCNC(=O)C1OC(C)(C)OCC1(C)C. The summed E-state index contributed by atoms with van der Waals surface area (Å²) in [5.41, 5.74) is -0.479. The molecule has 0 bridgehead atoms. The molecular formula is C36H65N3O6. The van der Waals surface area contributed by atoms with Gasteiger partial charge in [0, 0.05) is 18.5 Å². The van der Waals surface area contributed by atoms with Crippen LogP contribution in [0, 0.1) is 5.41 Å². The number of hydrogen-bond donors (Lipinski definition) is 3. The van der Waals surface area contributed by atoms with E-state index in [1.165, 1.54) is 77.0 Å². The minimum Gasteiger partial charge on any atom is -0.460 e. The van der Waals surface area contributed by atoms with Gasteiger partial charge in [-0.15, -0.1) is 0 Å². The van der Waals surface area contributed by atoms with E-state index >= 15 is 0 Å². The Morgan fingerprint density at radius 3 is 2.09 bits per heavy atom. The second-order valence-corrected chi connectivity index (χ2v) is 14.1. The Morgan fingerprint density at radius 2 is 1.42 bits per heavy atom. The summed E-state index contributed by atoms with van der Waals surface area (Å²) in [6, 6.07) is -0.399. The minimum atomic E-state index is -0.836. The lowest BCUT2D eigenvalue weighted by atomic mass is 9.85. The predicted octanol–water partition coefficient (Wildman–Crippen LogP) is 7.47. The molecule has 0 aromatic carbocycles. The molecule has 3 unspecified atom stereocenters. The average molecular weight is 636 g/mol. The highest BCUT2D eigenvalue weighted by molar-refractivity contribution is 5.82. The molecular weight excluding hydrogens is 570 g/mol. The van der Waals surface area contributed by atoms with Crippen molar-refractivity contribution in [3.63, 3.8) is 0 Å². The lowest BCUT2D eigenvalue weighted by Crippen LogP contribution is -2.56. The van der Waals surface area contributed by atoms with Gasteiger partial charge in [-0.25, -0.2) is 4.79 Å². The molecule has 3 N–H and O–H groups in total. The van der Waals surface area contributed by atoms with Gasteiger partial charge in [-0.1, -0.05) is 90.7 Å². The van der Waals surface area contributed by atoms with Gasteiger partial charge in [-0.05, 0) is 65.2 Å². The van der Waals surface area contributed by atoms with Crippen molar-refractivity contribution in [2.24, 2.45) is 5.41 Å². The molecule has 0 radical (unpaired) electrons. The number of urea groups is 1. The summed E-state index contributed by atoms with van der Waals surface area (Å²) in [5.74, 6) is -1.48. The number of unbranched alkanes of at least 4 members (excludes halogenated alkanes) is 12. The number of ether oxygens (including phenoxy) is 3. The van der Waals surface area contributed by atoms with Crippen LogP contribution in [0.1, 0.15) is 150 Å². The number of amides is 3. The highest BCUT2D eigenvalue weighted by atomic mass is 16.7. The summed E-state index contributed by atoms with van der Waals surface area (Å²) in [6.45, 7) is 10.9. The van der Waals surface area contributed by atoms with Crippen LogP contribution in [0.2, 0.25) is 0 Å². The van der Waals surface area contributed by atoms with E-state index in [0.29, 0.717) is 13.2 Å². The summed E-state index contributed by atoms with van der Waals surface area (Å²) in [7, 11) is 0. The largest absolute Gasteiger partial charge is 0.460 e. The Morgan fingerprint density at radius 1 is 0.800 bits per heavy atom. The first-order chi connectivity index (χ1) is 21.5. The molecule has 0 spiro atoms. The molecule has 3 amide bonds. The van der Waals surface area contributed by atoms with E-state index < -0.39 is 17.3 Å². The molecule has 1 aliphatic heterocycles. The van der Waals surface area contributed by atoms with Gasteiger partial charge in [-0.2, -0.15) is 0 Å². The Labute approximate surface area is 273 Å². The molecule has 260 valence electrons. The van der Waals surface area contributed by atoms with Crippen molar-refractivity contribution in [1.29, 1.82) is 0 Å². The maximum Gasteiger partial charge on any atom is 0.315 e. The van der Waals surface area contributed by atoms with Crippen molar-refractivity contribution in [3.05, 3.63) is 12.2 Å². The second kappa shape index (κ2) is 21.6. The van der Waals surface area contributed by atoms with Gasteiger partial charge >= 0.3 is 12.0 Å². The molecule has 1 saturated carbocycles. The minimum absolute atomic E-state index is 0.0593. The Hall–Kier alpha value is -2.13. The molecule has 0 aromatic heterocycles. The summed E-state index contributed by atoms with van der Waals surface area (Å²) < 4.78 is 17.2. The number of rotatable bonds is 22. The maximum absolute atomic E-state index is 12.8. The Kier molecular flexibility index (Phi) is 18.8. The van der Waals surface area contributed by atoms with Gasteiger partial charge in [0.1, 0.15) is 12.2 Å². The molecule has 2 rings (SSSR count). The first-order valence-electron chi connectivity index (χ1n) is 18.0. The number of hydrogen-bond acceptors (Lipinski definition) is 6. The second-order valence-electron chi connectivity index (χ2n) is 14.1. The molecule has 2 fully saturated rings. The van der Waals surface area contributed by atoms with E-state index in [-0.39, 0.29) is 43.0 Å². The molecule has 9 nitrogen and oxygen atoms in total. The molecule has 0 aromatic rings. The normalized spacial score (nSPS) is 22.3. The Balaban J connectivity index is 1.48.